The first kappa shape index (κ1) is 15.3. The number of aliphatic hydroxyl groups is 1. The van der Waals surface area contributed by atoms with E-state index in [-0.39, 0.29) is 5.41 Å². The molecule has 0 aromatic carbocycles. The van der Waals surface area contributed by atoms with Crippen molar-refractivity contribution in [3.8, 4) is 0 Å². The van der Waals surface area contributed by atoms with Gasteiger partial charge in [0.05, 0.1) is 11.7 Å². The highest BCUT2D eigenvalue weighted by Crippen LogP contribution is 2.54. The van der Waals surface area contributed by atoms with Crippen LogP contribution in [0, 0.1) is 10.8 Å². The molecule has 0 aliphatic heterocycles. The summed E-state index contributed by atoms with van der Waals surface area (Å²) in [4.78, 5) is 0. The fourth-order valence-corrected chi connectivity index (χ4v) is 4.10. The lowest BCUT2D eigenvalue weighted by Crippen LogP contribution is -2.57. The number of nitrogens with two attached hydrogens (primary N) is 1. The molecule has 112 valence electrons. The second kappa shape index (κ2) is 5.34. The minimum absolute atomic E-state index is 0.0543. The highest BCUT2D eigenvalue weighted by atomic mass is 16.5. The normalized spacial score (nSPS) is 38.1. The molecule has 0 bridgehead atoms. The van der Waals surface area contributed by atoms with Crippen LogP contribution in [-0.2, 0) is 4.74 Å². The van der Waals surface area contributed by atoms with E-state index in [1.54, 1.807) is 7.11 Å². The maximum Gasteiger partial charge on any atom is 0.0717 e. The molecule has 3 nitrogen and oxygen atoms in total. The molecule has 2 aliphatic rings. The van der Waals surface area contributed by atoms with Gasteiger partial charge in [-0.25, -0.2) is 0 Å². The third kappa shape index (κ3) is 2.84. The van der Waals surface area contributed by atoms with Gasteiger partial charge >= 0.3 is 0 Å². The Morgan fingerprint density at radius 2 is 1.58 bits per heavy atom. The lowest BCUT2D eigenvalue weighted by atomic mass is 9.55. The van der Waals surface area contributed by atoms with Crippen LogP contribution in [0.5, 0.6) is 0 Å². The molecule has 3 heteroatoms. The van der Waals surface area contributed by atoms with Crippen LogP contribution in [0.2, 0.25) is 0 Å². The van der Waals surface area contributed by atoms with Crippen molar-refractivity contribution in [1.82, 2.24) is 0 Å². The molecule has 3 N–H and O–H groups in total. The molecule has 0 heterocycles. The Bertz CT molecular complexity index is 296. The van der Waals surface area contributed by atoms with Crippen molar-refractivity contribution in [2.75, 3.05) is 13.7 Å². The van der Waals surface area contributed by atoms with Crippen LogP contribution in [0.4, 0.5) is 0 Å². The smallest absolute Gasteiger partial charge is 0.0717 e. The van der Waals surface area contributed by atoms with Gasteiger partial charge in [0.15, 0.2) is 0 Å². The molecular formula is C16H31NO2. The molecule has 19 heavy (non-hydrogen) atoms. The van der Waals surface area contributed by atoms with Gasteiger partial charge in [0.25, 0.3) is 0 Å². The SMILES string of the molecule is COC1CCC(O)(C2(CN)CCC(C)(C)CC2)CC1. The van der Waals surface area contributed by atoms with Crippen LogP contribution >= 0.6 is 0 Å². The maximum atomic E-state index is 11.2. The molecule has 0 atom stereocenters. The highest BCUT2D eigenvalue weighted by Gasteiger charge is 2.52. The van der Waals surface area contributed by atoms with Crippen LogP contribution in [-0.4, -0.2) is 30.5 Å². The van der Waals surface area contributed by atoms with Crippen LogP contribution in [0.1, 0.15) is 65.2 Å². The van der Waals surface area contributed by atoms with E-state index in [0.29, 0.717) is 18.1 Å². The molecule has 2 saturated carbocycles. The van der Waals surface area contributed by atoms with E-state index < -0.39 is 5.60 Å². The summed E-state index contributed by atoms with van der Waals surface area (Å²) >= 11 is 0. The Morgan fingerprint density at radius 3 is 2.00 bits per heavy atom. The van der Waals surface area contributed by atoms with E-state index in [2.05, 4.69) is 13.8 Å². The Balaban J connectivity index is 2.09. The Kier molecular flexibility index (Phi) is 4.29. The number of methoxy groups -OCH3 is 1. The molecular weight excluding hydrogens is 238 g/mol. The van der Waals surface area contributed by atoms with Gasteiger partial charge in [-0.2, -0.15) is 0 Å². The van der Waals surface area contributed by atoms with Gasteiger partial charge in [-0.1, -0.05) is 13.8 Å². The topological polar surface area (TPSA) is 55.5 Å². The van der Waals surface area contributed by atoms with Gasteiger partial charge in [0, 0.05) is 19.1 Å². The molecule has 0 spiro atoms. The first-order valence-corrected chi connectivity index (χ1v) is 7.82. The van der Waals surface area contributed by atoms with Crippen molar-refractivity contribution in [1.29, 1.82) is 0 Å². The third-order valence-electron chi connectivity index (χ3n) is 6.03. The Morgan fingerprint density at radius 1 is 1.05 bits per heavy atom. The van der Waals surface area contributed by atoms with E-state index in [0.717, 1.165) is 38.5 Å². The predicted octanol–water partition coefficient (Wildman–Crippen LogP) is 2.85. The summed E-state index contributed by atoms with van der Waals surface area (Å²) in [6.45, 7) is 5.29. The van der Waals surface area contributed by atoms with E-state index in [1.807, 2.05) is 0 Å². The summed E-state index contributed by atoms with van der Waals surface area (Å²) in [7, 11) is 1.77. The molecule has 2 fully saturated rings. The molecule has 2 rings (SSSR count). The summed E-state index contributed by atoms with van der Waals surface area (Å²) < 4.78 is 5.43. The molecule has 2 aliphatic carbocycles. The predicted molar refractivity (Wildman–Crippen MR) is 78.0 cm³/mol. The zero-order valence-electron chi connectivity index (χ0n) is 12.9. The minimum Gasteiger partial charge on any atom is -0.389 e. The number of hydrogen-bond donors (Lipinski definition) is 2. The van der Waals surface area contributed by atoms with Gasteiger partial charge in [-0.3, -0.25) is 0 Å². The summed E-state index contributed by atoms with van der Waals surface area (Å²) in [5.74, 6) is 0. The summed E-state index contributed by atoms with van der Waals surface area (Å²) in [5.41, 5.74) is 5.92. The van der Waals surface area contributed by atoms with Crippen LogP contribution in [0.25, 0.3) is 0 Å². The lowest BCUT2D eigenvalue weighted by molar-refractivity contribution is -0.147. The quantitative estimate of drug-likeness (QED) is 0.828. The second-order valence-corrected chi connectivity index (χ2v) is 7.62. The monoisotopic (exact) mass is 269 g/mol. The van der Waals surface area contributed by atoms with E-state index in [9.17, 15) is 5.11 Å². The second-order valence-electron chi connectivity index (χ2n) is 7.62. The Hall–Kier alpha value is -0.120. The van der Waals surface area contributed by atoms with Crippen LogP contribution in [0.3, 0.4) is 0 Å². The standard InChI is InChI=1S/C16H31NO2/c1-14(2)8-10-15(12-17,11-9-14)16(18)6-4-13(19-3)5-7-16/h13,18H,4-12,17H2,1-3H3. The first-order valence-electron chi connectivity index (χ1n) is 7.82. The number of rotatable bonds is 3. The maximum absolute atomic E-state index is 11.2. The summed E-state index contributed by atoms with van der Waals surface area (Å²) in [6, 6.07) is 0. The fraction of sp³-hybridized carbons (Fsp3) is 1.00. The Labute approximate surface area is 117 Å². The fourth-order valence-electron chi connectivity index (χ4n) is 4.10. The first-order chi connectivity index (χ1) is 8.86. The largest absolute Gasteiger partial charge is 0.389 e. The van der Waals surface area contributed by atoms with E-state index in [1.165, 1.54) is 12.8 Å². The summed E-state index contributed by atoms with van der Waals surface area (Å²) in [6.07, 6.45) is 8.48. The number of ether oxygens (including phenoxy) is 1. The zero-order chi connectivity index (χ0) is 14.1. The van der Waals surface area contributed by atoms with Crippen molar-refractivity contribution < 1.29 is 9.84 Å². The van der Waals surface area contributed by atoms with E-state index in [4.69, 9.17) is 10.5 Å². The molecule has 0 unspecified atom stereocenters. The van der Waals surface area contributed by atoms with Gasteiger partial charge in [0.2, 0.25) is 0 Å². The van der Waals surface area contributed by atoms with Gasteiger partial charge in [-0.05, 0) is 56.8 Å². The van der Waals surface area contributed by atoms with Gasteiger partial charge < -0.3 is 15.6 Å². The molecule has 0 aromatic heterocycles. The van der Waals surface area contributed by atoms with Crippen LogP contribution in [0.15, 0.2) is 0 Å². The zero-order valence-corrected chi connectivity index (χ0v) is 12.9. The van der Waals surface area contributed by atoms with Crippen molar-refractivity contribution >= 4 is 0 Å². The molecule has 0 aromatic rings. The molecule has 0 saturated heterocycles. The lowest BCUT2D eigenvalue weighted by Gasteiger charge is -2.54. The minimum atomic E-state index is -0.562. The van der Waals surface area contributed by atoms with Crippen LogP contribution < -0.4 is 5.73 Å². The van der Waals surface area contributed by atoms with Crippen molar-refractivity contribution in [3.05, 3.63) is 0 Å². The highest BCUT2D eigenvalue weighted by molar-refractivity contribution is 5.05. The van der Waals surface area contributed by atoms with Gasteiger partial charge in [-0.15, -0.1) is 0 Å². The van der Waals surface area contributed by atoms with Crippen molar-refractivity contribution in [3.63, 3.8) is 0 Å². The average molecular weight is 269 g/mol. The summed E-state index contributed by atoms with van der Waals surface area (Å²) in [5, 5.41) is 11.2. The molecule has 0 amide bonds. The van der Waals surface area contributed by atoms with Gasteiger partial charge in [0.1, 0.15) is 0 Å². The average Bonchev–Trinajstić information content (AvgIpc) is 2.40. The number of hydrogen-bond acceptors (Lipinski definition) is 3. The van der Waals surface area contributed by atoms with Crippen molar-refractivity contribution in [2.45, 2.75) is 76.9 Å². The van der Waals surface area contributed by atoms with E-state index >= 15 is 0 Å². The van der Waals surface area contributed by atoms with Crippen molar-refractivity contribution in [2.24, 2.45) is 16.6 Å². The molecule has 0 radical (unpaired) electrons. The third-order valence-corrected chi connectivity index (χ3v) is 6.03.